The Hall–Kier alpha value is -1.51. The first-order valence-electron chi connectivity index (χ1n) is 13.1. The Morgan fingerprint density at radius 2 is 1.91 bits per heavy atom. The number of aromatic nitrogens is 1. The van der Waals surface area contributed by atoms with E-state index in [9.17, 15) is 14.7 Å². The predicted octanol–water partition coefficient (Wildman–Crippen LogP) is 3.70. The summed E-state index contributed by atoms with van der Waals surface area (Å²) in [6.07, 6.45) is 2.21. The van der Waals surface area contributed by atoms with Crippen LogP contribution in [-0.4, -0.2) is 71.1 Å². The molecule has 1 aliphatic heterocycles. The van der Waals surface area contributed by atoms with Gasteiger partial charge in [-0.1, -0.05) is 20.8 Å². The lowest BCUT2D eigenvalue weighted by Gasteiger charge is -2.53. The highest BCUT2D eigenvalue weighted by Crippen LogP contribution is 2.57. The third-order valence-electron chi connectivity index (χ3n) is 8.75. The molecule has 7 nitrogen and oxygen atoms in total. The van der Waals surface area contributed by atoms with Crippen LogP contribution in [0.5, 0.6) is 0 Å². The molecule has 6 atom stereocenters. The average molecular weight is 506 g/mol. The Labute approximate surface area is 214 Å². The van der Waals surface area contributed by atoms with E-state index < -0.39 is 11.5 Å². The molecule has 1 N–H and O–H groups in total. The van der Waals surface area contributed by atoms with Crippen LogP contribution >= 0.6 is 11.3 Å². The van der Waals surface area contributed by atoms with Crippen molar-refractivity contribution >= 4 is 23.2 Å². The highest BCUT2D eigenvalue weighted by atomic mass is 32.1. The van der Waals surface area contributed by atoms with Crippen molar-refractivity contribution in [2.24, 2.45) is 28.6 Å². The molecule has 2 aliphatic carbocycles. The van der Waals surface area contributed by atoms with Crippen molar-refractivity contribution in [3.05, 3.63) is 15.6 Å². The van der Waals surface area contributed by atoms with E-state index in [0.717, 1.165) is 56.1 Å². The summed E-state index contributed by atoms with van der Waals surface area (Å²) in [5, 5.41) is 12.5. The molecular weight excluding hydrogens is 462 g/mol. The first kappa shape index (κ1) is 26.6. The molecule has 2 fully saturated rings. The summed E-state index contributed by atoms with van der Waals surface area (Å²) in [5.74, 6) is -0.105. The summed E-state index contributed by atoms with van der Waals surface area (Å²) >= 11 is 1.64. The van der Waals surface area contributed by atoms with Gasteiger partial charge in [0.1, 0.15) is 11.6 Å². The third kappa shape index (κ3) is 5.16. The first-order valence-corrected chi connectivity index (χ1v) is 13.9. The number of ether oxygens (including phenoxy) is 1. The van der Waals surface area contributed by atoms with E-state index in [1.54, 1.807) is 11.3 Å². The van der Waals surface area contributed by atoms with Gasteiger partial charge in [-0.05, 0) is 64.3 Å². The van der Waals surface area contributed by atoms with Crippen molar-refractivity contribution in [1.82, 2.24) is 14.8 Å². The molecule has 4 rings (SSSR count). The smallest absolute Gasteiger partial charge is 0.311 e. The molecule has 0 bridgehead atoms. The summed E-state index contributed by atoms with van der Waals surface area (Å²) in [6, 6.07) is 0. The zero-order valence-corrected chi connectivity index (χ0v) is 23.3. The zero-order valence-electron chi connectivity index (χ0n) is 22.5. The van der Waals surface area contributed by atoms with Gasteiger partial charge in [0.05, 0.1) is 17.2 Å². The monoisotopic (exact) mass is 505 g/mol. The van der Waals surface area contributed by atoms with Crippen LogP contribution in [0.2, 0.25) is 0 Å². The van der Waals surface area contributed by atoms with Crippen molar-refractivity contribution in [3.63, 3.8) is 0 Å². The second kappa shape index (κ2) is 9.75. The lowest BCUT2D eigenvalue weighted by atomic mass is 9.53. The minimum absolute atomic E-state index is 0.0230. The van der Waals surface area contributed by atoms with E-state index in [1.165, 1.54) is 4.88 Å². The SMILES string of the molecule is C[C@H](C(=O)N1CCN(C)CC1)[C@H]1CC[C@@]2(C)Cc3sc(COC(=O)C(C)(C)C)nc3[C@@H](C)[C@@H]2[C@H]1O. The van der Waals surface area contributed by atoms with E-state index >= 15 is 0 Å². The van der Waals surface area contributed by atoms with Gasteiger partial charge in [0, 0.05) is 42.9 Å². The van der Waals surface area contributed by atoms with Crippen LogP contribution in [0.3, 0.4) is 0 Å². The first-order chi connectivity index (χ1) is 16.3. The van der Waals surface area contributed by atoms with Gasteiger partial charge in [0.2, 0.25) is 5.91 Å². The molecule has 0 unspecified atom stereocenters. The van der Waals surface area contributed by atoms with Crippen LogP contribution in [-0.2, 0) is 27.4 Å². The number of fused-ring (bicyclic) bond motifs is 2. The molecule has 3 aliphatic rings. The van der Waals surface area contributed by atoms with Crippen LogP contribution in [0, 0.1) is 28.6 Å². The second-order valence-corrected chi connectivity index (χ2v) is 13.7. The molecule has 1 aromatic rings. The lowest BCUT2D eigenvalue weighted by Crippen LogP contribution is -2.55. The summed E-state index contributed by atoms with van der Waals surface area (Å²) < 4.78 is 5.52. The largest absolute Gasteiger partial charge is 0.458 e. The Balaban J connectivity index is 1.48. The Morgan fingerprint density at radius 3 is 2.54 bits per heavy atom. The van der Waals surface area contributed by atoms with Gasteiger partial charge in [-0.2, -0.15) is 0 Å². The summed E-state index contributed by atoms with van der Waals surface area (Å²) in [7, 11) is 2.09. The molecule has 196 valence electrons. The zero-order chi connectivity index (χ0) is 25.7. The minimum atomic E-state index is -0.538. The van der Waals surface area contributed by atoms with E-state index in [1.807, 2.05) is 32.6 Å². The number of hydrogen-bond donors (Lipinski definition) is 1. The molecule has 8 heteroatoms. The quantitative estimate of drug-likeness (QED) is 0.629. The topological polar surface area (TPSA) is 83.0 Å². The fourth-order valence-electron chi connectivity index (χ4n) is 6.50. The van der Waals surface area contributed by atoms with Crippen molar-refractivity contribution in [3.8, 4) is 0 Å². The molecule has 1 amide bonds. The standard InChI is InChI=1S/C27H43N3O4S/c1-16(24(32)30-12-10-29(7)11-13-30)18-8-9-27(6)14-19-22(17(2)21(27)23(18)31)28-20(35-19)15-34-25(33)26(3,4)5/h16-18,21,23,31H,8-15H2,1-7H3/t16-,17-,18+,21+,23-,27-/m0/s1. The van der Waals surface area contributed by atoms with Gasteiger partial charge in [-0.15, -0.1) is 11.3 Å². The van der Waals surface area contributed by atoms with Gasteiger partial charge < -0.3 is 19.6 Å². The number of aliphatic hydroxyl groups is 1. The number of amides is 1. The number of hydrogen-bond acceptors (Lipinski definition) is 7. The minimum Gasteiger partial charge on any atom is -0.458 e. The predicted molar refractivity (Wildman–Crippen MR) is 137 cm³/mol. The fourth-order valence-corrected chi connectivity index (χ4v) is 7.78. The van der Waals surface area contributed by atoms with Crippen LogP contribution < -0.4 is 0 Å². The molecule has 1 saturated heterocycles. The maximum absolute atomic E-state index is 13.3. The molecule has 35 heavy (non-hydrogen) atoms. The maximum atomic E-state index is 13.3. The van der Waals surface area contributed by atoms with Gasteiger partial charge in [0.15, 0.2) is 0 Å². The van der Waals surface area contributed by atoms with Gasteiger partial charge in [-0.3, -0.25) is 9.59 Å². The maximum Gasteiger partial charge on any atom is 0.311 e. The number of esters is 1. The second-order valence-electron chi connectivity index (χ2n) is 12.5. The average Bonchev–Trinajstić information content (AvgIpc) is 3.19. The summed E-state index contributed by atoms with van der Waals surface area (Å²) in [6.45, 7) is 15.6. The molecule has 0 aromatic carbocycles. The number of thiazole rings is 1. The Morgan fingerprint density at radius 1 is 1.26 bits per heavy atom. The number of aliphatic hydroxyl groups excluding tert-OH is 1. The molecule has 0 spiro atoms. The number of nitrogens with zero attached hydrogens (tertiary/aromatic N) is 3. The van der Waals surface area contributed by atoms with Crippen molar-refractivity contribution < 1.29 is 19.4 Å². The number of rotatable bonds is 4. The van der Waals surface area contributed by atoms with E-state index in [-0.39, 0.29) is 47.6 Å². The lowest BCUT2D eigenvalue weighted by molar-refractivity contribution is -0.154. The number of piperazine rings is 1. The highest BCUT2D eigenvalue weighted by molar-refractivity contribution is 7.11. The normalized spacial score (nSPS) is 32.5. The van der Waals surface area contributed by atoms with Crippen molar-refractivity contribution in [2.75, 3.05) is 33.2 Å². The summed E-state index contributed by atoms with van der Waals surface area (Å²) in [4.78, 5) is 35.9. The van der Waals surface area contributed by atoms with E-state index in [2.05, 4.69) is 25.8 Å². The van der Waals surface area contributed by atoms with Crippen LogP contribution in [0.4, 0.5) is 0 Å². The van der Waals surface area contributed by atoms with E-state index in [4.69, 9.17) is 9.72 Å². The Kier molecular flexibility index (Phi) is 7.39. The molecule has 0 radical (unpaired) electrons. The number of carbonyl (C=O) groups excluding carboxylic acids is 2. The van der Waals surface area contributed by atoms with Crippen LogP contribution in [0.15, 0.2) is 0 Å². The molecule has 2 heterocycles. The fraction of sp³-hybridized carbons (Fsp3) is 0.815. The molecular formula is C27H43N3O4S. The van der Waals surface area contributed by atoms with Gasteiger partial charge >= 0.3 is 5.97 Å². The highest BCUT2D eigenvalue weighted by Gasteiger charge is 2.54. The van der Waals surface area contributed by atoms with Crippen molar-refractivity contribution in [2.45, 2.75) is 79.4 Å². The number of likely N-dealkylation sites (N-methyl/N-ethyl adjacent to an activating group) is 1. The van der Waals surface area contributed by atoms with Crippen LogP contribution in [0.25, 0.3) is 0 Å². The van der Waals surface area contributed by atoms with E-state index in [0.29, 0.717) is 0 Å². The van der Waals surface area contributed by atoms with Crippen molar-refractivity contribution in [1.29, 1.82) is 0 Å². The van der Waals surface area contributed by atoms with Crippen LogP contribution in [0.1, 0.15) is 75.9 Å². The summed E-state index contributed by atoms with van der Waals surface area (Å²) in [5.41, 5.74) is 0.478. The number of carbonyl (C=O) groups is 2. The Bertz CT molecular complexity index is 949. The molecule has 1 saturated carbocycles. The van der Waals surface area contributed by atoms with Gasteiger partial charge in [0.25, 0.3) is 0 Å². The molecule has 1 aromatic heterocycles. The van der Waals surface area contributed by atoms with Gasteiger partial charge in [-0.25, -0.2) is 4.98 Å². The third-order valence-corrected chi connectivity index (χ3v) is 9.80.